The quantitative estimate of drug-likeness (QED) is 0.0459. The van der Waals surface area contributed by atoms with E-state index < -0.39 is 95.8 Å². The van der Waals surface area contributed by atoms with Gasteiger partial charge in [-0.2, -0.15) is 0 Å². The predicted molar refractivity (Wildman–Crippen MR) is 248 cm³/mol. The third-order valence-corrected chi connectivity index (χ3v) is 16.9. The lowest BCUT2D eigenvalue weighted by molar-refractivity contribution is -0.376. The largest absolute Gasteiger partial charge is 0.467 e. The van der Waals surface area contributed by atoms with Crippen LogP contribution in [0.5, 0.6) is 0 Å². The van der Waals surface area contributed by atoms with E-state index in [9.17, 15) is 24.3 Å². The van der Waals surface area contributed by atoms with Crippen LogP contribution in [0, 0.1) is 17.8 Å². The Bertz CT molecular complexity index is 1890. The van der Waals surface area contributed by atoms with Crippen molar-refractivity contribution in [2.75, 3.05) is 7.11 Å². The Morgan fingerprint density at radius 1 is 0.908 bits per heavy atom. The highest BCUT2D eigenvalue weighted by Crippen LogP contribution is 2.59. The monoisotopic (exact) mass is 931 g/mol. The molecule has 0 aliphatic carbocycles. The van der Waals surface area contributed by atoms with Crippen LogP contribution in [0.1, 0.15) is 128 Å². The molecule has 0 aromatic heterocycles. The van der Waals surface area contributed by atoms with Gasteiger partial charge < -0.3 is 42.7 Å². The molecule has 2 saturated heterocycles. The number of methoxy groups -OCH3 is 1. The molecule has 0 amide bonds. The third kappa shape index (κ3) is 13.0. The first-order chi connectivity index (χ1) is 29.7. The van der Waals surface area contributed by atoms with Crippen molar-refractivity contribution in [2.45, 2.75) is 200 Å². The molecule has 1 N–H and O–H groups in total. The molecule has 3 rings (SSSR count). The lowest BCUT2D eigenvalue weighted by Gasteiger charge is -2.51. The number of esters is 5. The Kier molecular flexibility index (Phi) is 17.9. The summed E-state index contributed by atoms with van der Waals surface area (Å²) in [5.74, 6) is -7.93. The minimum atomic E-state index is -3.44. The van der Waals surface area contributed by atoms with E-state index >= 15 is 4.79 Å². The van der Waals surface area contributed by atoms with Gasteiger partial charge in [-0.15, -0.1) is 0 Å². The van der Waals surface area contributed by atoms with Crippen molar-refractivity contribution < 1.29 is 66.7 Å². The number of allylic oxidation sites excluding steroid dienone is 1. The van der Waals surface area contributed by atoms with Crippen LogP contribution < -0.4 is 0 Å². The van der Waals surface area contributed by atoms with Gasteiger partial charge in [-0.1, -0.05) is 97.9 Å². The van der Waals surface area contributed by atoms with Crippen molar-refractivity contribution in [3.8, 4) is 0 Å². The fourth-order valence-electron chi connectivity index (χ4n) is 7.99. The average Bonchev–Trinajstić information content (AvgIpc) is 3.40. The third-order valence-electron chi connectivity index (χ3n) is 12.4. The first kappa shape index (κ1) is 55.4. The van der Waals surface area contributed by atoms with E-state index in [0.717, 1.165) is 25.5 Å². The zero-order valence-electron chi connectivity index (χ0n) is 42.1. The van der Waals surface area contributed by atoms with Crippen molar-refractivity contribution >= 4 is 38.2 Å². The van der Waals surface area contributed by atoms with Gasteiger partial charge in [0.15, 0.2) is 20.2 Å². The molecule has 2 aliphatic heterocycles. The van der Waals surface area contributed by atoms with E-state index in [1.807, 2.05) is 78.0 Å². The summed E-state index contributed by atoms with van der Waals surface area (Å²) in [6.45, 7) is 32.7. The van der Waals surface area contributed by atoms with Crippen LogP contribution in [-0.2, 0) is 68.0 Å². The van der Waals surface area contributed by atoms with Gasteiger partial charge in [0, 0.05) is 25.3 Å². The number of ether oxygens (including phenoxy) is 7. The summed E-state index contributed by atoms with van der Waals surface area (Å²) < 4.78 is 50.0. The summed E-state index contributed by atoms with van der Waals surface area (Å²) in [5.41, 5.74) is -7.74. The van der Waals surface area contributed by atoms with Crippen molar-refractivity contribution in [2.24, 2.45) is 17.8 Å². The summed E-state index contributed by atoms with van der Waals surface area (Å²) in [5, 5.41) is 12.8. The number of hydrogen-bond acceptors (Lipinski definition) is 14. The molecular weight excluding hydrogens is 853 g/mol. The molecule has 1 aromatic rings. The normalized spacial score (nSPS) is 26.6. The van der Waals surface area contributed by atoms with Crippen molar-refractivity contribution in [1.82, 2.24) is 0 Å². The van der Waals surface area contributed by atoms with Gasteiger partial charge in [0.25, 0.3) is 5.60 Å². The lowest BCUT2D eigenvalue weighted by atomic mass is 9.74. The summed E-state index contributed by atoms with van der Waals surface area (Å²) in [4.78, 5) is 71.4. The van der Waals surface area contributed by atoms with Crippen LogP contribution in [0.3, 0.4) is 0 Å². The highest BCUT2D eigenvalue weighted by atomic mass is 28.4. The second-order valence-corrected chi connectivity index (χ2v) is 26.3. The molecular formula is C50H78O14Si. The van der Waals surface area contributed by atoms with E-state index in [2.05, 4.69) is 20.4 Å². The van der Waals surface area contributed by atoms with Crippen molar-refractivity contribution in [3.05, 3.63) is 60.2 Å². The van der Waals surface area contributed by atoms with E-state index in [0.29, 0.717) is 17.9 Å². The second kappa shape index (κ2) is 21.0. The number of benzene rings is 1. The van der Waals surface area contributed by atoms with E-state index in [1.54, 1.807) is 26.8 Å². The van der Waals surface area contributed by atoms with E-state index in [4.69, 9.17) is 37.6 Å². The molecule has 2 fully saturated rings. The molecule has 2 aliphatic rings. The molecule has 1 aromatic carbocycles. The number of rotatable bonds is 19. The van der Waals surface area contributed by atoms with Gasteiger partial charge in [0.1, 0.15) is 23.4 Å². The SMILES string of the molecule is C=C(CC[C@]12O[C@H](C(=O)OC)[C@@](O)(C(=O)OC(C)(C)C)[C@](C(=O)OC(C)(C)C)(O1)[C@H](OC(=O)/C=C/[C@@H](C)C[C@@H](C)CC)[C@H]2O[Si](C)(C)C(C)(C)C)[C@@H](OC(C)=O)[C@H](C)Cc1ccccc1. The predicted octanol–water partition coefficient (Wildman–Crippen LogP) is 8.52. The number of carbonyl (C=O) groups excluding carboxylic acids is 5. The molecule has 14 nitrogen and oxygen atoms in total. The Morgan fingerprint density at radius 2 is 1.48 bits per heavy atom. The fraction of sp³-hybridized carbons (Fsp3) is 0.700. The van der Waals surface area contributed by atoms with Crippen molar-refractivity contribution in [1.29, 1.82) is 0 Å². The lowest BCUT2D eigenvalue weighted by Crippen LogP contribution is -2.79. The number of hydrogen-bond donors (Lipinski definition) is 1. The van der Waals surface area contributed by atoms with Gasteiger partial charge in [-0.05, 0) is 102 Å². The number of aliphatic hydroxyl groups is 1. The van der Waals surface area contributed by atoms with Crippen LogP contribution >= 0.6 is 0 Å². The smallest absolute Gasteiger partial charge is 0.347 e. The first-order valence-electron chi connectivity index (χ1n) is 22.8. The van der Waals surface area contributed by atoms with Crippen molar-refractivity contribution in [3.63, 3.8) is 0 Å². The molecule has 15 heteroatoms. The van der Waals surface area contributed by atoms with Crippen LogP contribution in [0.15, 0.2) is 54.6 Å². The molecule has 0 radical (unpaired) electrons. The van der Waals surface area contributed by atoms with Gasteiger partial charge in [-0.3, -0.25) is 4.79 Å². The number of carbonyl (C=O) groups is 5. The summed E-state index contributed by atoms with van der Waals surface area (Å²) in [6.07, 6.45) is -2.07. The molecule has 366 valence electrons. The van der Waals surface area contributed by atoms with E-state index in [1.165, 1.54) is 33.8 Å². The minimum absolute atomic E-state index is 0.0503. The molecule has 2 bridgehead atoms. The van der Waals surface area contributed by atoms with Gasteiger partial charge >= 0.3 is 29.8 Å². The van der Waals surface area contributed by atoms with Gasteiger partial charge in [0.05, 0.1) is 7.11 Å². The summed E-state index contributed by atoms with van der Waals surface area (Å²) >= 11 is 0. The second-order valence-electron chi connectivity index (χ2n) is 21.5. The average molecular weight is 931 g/mol. The molecule has 65 heavy (non-hydrogen) atoms. The topological polar surface area (TPSA) is 179 Å². The van der Waals surface area contributed by atoms with E-state index in [-0.39, 0.29) is 24.7 Å². The Labute approximate surface area is 388 Å². The Morgan fingerprint density at radius 3 is 1.98 bits per heavy atom. The number of fused-ring (bicyclic) bond motifs is 2. The Hall–Kier alpha value is -3.89. The highest BCUT2D eigenvalue weighted by molar-refractivity contribution is 6.74. The van der Waals surface area contributed by atoms with Crippen LogP contribution in [0.25, 0.3) is 0 Å². The summed E-state index contributed by atoms with van der Waals surface area (Å²) in [6, 6.07) is 9.66. The standard InChI is InChI=1S/C50H78O14Si/c1-19-31(2)29-32(3)25-26-37(52)59-40-39(63-65(17,18)47(13,14)15)48(28-27-33(4)38(58-35(6)51)34(5)30-36-23-21-20-22-24-36)60-41(42(53)57-16)49(56,43(54)61-45(7,8)9)50(40,64-48)44(55)62-46(10,11)12/h20-26,31-32,34,38-41,56H,4,19,27-30H2,1-3,5-18H3/b26-25+/t31-,32+,34+,38+,39+,40+,41+,48-,49+,50-/m0/s1. The zero-order valence-corrected chi connectivity index (χ0v) is 43.1. The maximum absolute atomic E-state index is 15.4. The molecule has 0 unspecified atom stereocenters. The van der Waals surface area contributed by atoms with Gasteiger partial charge in [0.2, 0.25) is 11.7 Å². The highest BCUT2D eigenvalue weighted by Gasteiger charge is 2.87. The molecule has 10 atom stereocenters. The molecule has 0 saturated carbocycles. The maximum atomic E-state index is 15.4. The molecule has 2 heterocycles. The summed E-state index contributed by atoms with van der Waals surface area (Å²) in [7, 11) is -2.08. The maximum Gasteiger partial charge on any atom is 0.347 e. The fourth-order valence-corrected chi connectivity index (χ4v) is 9.28. The first-order valence-corrected chi connectivity index (χ1v) is 25.7. The van der Waals surface area contributed by atoms with Gasteiger partial charge in [-0.25, -0.2) is 19.2 Å². The van der Waals surface area contributed by atoms with Crippen LogP contribution in [-0.4, -0.2) is 103 Å². The van der Waals surface area contributed by atoms with Crippen LogP contribution in [0.2, 0.25) is 18.1 Å². The zero-order chi connectivity index (χ0) is 49.7. The Balaban J connectivity index is 2.47. The molecule has 0 spiro atoms. The van der Waals surface area contributed by atoms with Crippen LogP contribution in [0.4, 0.5) is 0 Å². The minimum Gasteiger partial charge on any atom is -0.467 e.